The van der Waals surface area contributed by atoms with Crippen LogP contribution >= 0.6 is 0 Å². The Labute approximate surface area is 123 Å². The number of fused-ring (bicyclic) bond motifs is 1. The minimum atomic E-state index is -1.01. The van der Waals surface area contributed by atoms with Gasteiger partial charge in [0.05, 0.1) is 12.8 Å². The van der Waals surface area contributed by atoms with Crippen molar-refractivity contribution in [2.24, 2.45) is 0 Å². The van der Waals surface area contributed by atoms with Gasteiger partial charge in [-0.05, 0) is 55.0 Å². The number of aromatic carboxylic acids is 1. The van der Waals surface area contributed by atoms with Crippen molar-refractivity contribution >= 4 is 5.97 Å². The molecule has 1 aromatic heterocycles. The van der Waals surface area contributed by atoms with Gasteiger partial charge in [0.1, 0.15) is 11.4 Å². The number of aryl methyl sites for hydroxylation is 2. The minimum absolute atomic E-state index is 0.0852. The molecular formula is C16H18N2O3. The van der Waals surface area contributed by atoms with Gasteiger partial charge >= 0.3 is 5.97 Å². The first kappa shape index (κ1) is 13.7. The zero-order valence-electron chi connectivity index (χ0n) is 12.0. The summed E-state index contributed by atoms with van der Waals surface area (Å²) in [6.45, 7) is 0. The molecular weight excluding hydrogens is 268 g/mol. The van der Waals surface area contributed by atoms with Crippen LogP contribution in [0.25, 0.3) is 11.3 Å². The first-order valence-electron chi connectivity index (χ1n) is 7.18. The van der Waals surface area contributed by atoms with Gasteiger partial charge in [0.25, 0.3) is 0 Å². The largest absolute Gasteiger partial charge is 0.496 e. The van der Waals surface area contributed by atoms with Crippen LogP contribution < -0.4 is 4.74 Å². The third-order valence-electron chi connectivity index (χ3n) is 4.00. The zero-order valence-corrected chi connectivity index (χ0v) is 12.0. The minimum Gasteiger partial charge on any atom is -0.496 e. The van der Waals surface area contributed by atoms with Crippen molar-refractivity contribution in [3.8, 4) is 17.0 Å². The zero-order chi connectivity index (χ0) is 14.8. The molecule has 1 aromatic carbocycles. The number of aromatic nitrogens is 2. The maximum absolute atomic E-state index is 11.0. The Balaban J connectivity index is 2.07. The van der Waals surface area contributed by atoms with Crippen LogP contribution in [0.15, 0.2) is 18.2 Å². The van der Waals surface area contributed by atoms with Crippen LogP contribution in [0.5, 0.6) is 5.75 Å². The summed E-state index contributed by atoms with van der Waals surface area (Å²) in [5.74, 6) is -0.262. The second-order valence-corrected chi connectivity index (χ2v) is 5.35. The van der Waals surface area contributed by atoms with E-state index in [0.717, 1.165) is 24.2 Å². The molecule has 0 unspecified atom stereocenters. The van der Waals surface area contributed by atoms with Gasteiger partial charge in [0, 0.05) is 5.56 Å². The molecule has 0 radical (unpaired) electrons. The van der Waals surface area contributed by atoms with Crippen LogP contribution in [0.1, 0.15) is 40.9 Å². The van der Waals surface area contributed by atoms with Crippen LogP contribution in [0.4, 0.5) is 0 Å². The highest BCUT2D eigenvalue weighted by atomic mass is 16.5. The van der Waals surface area contributed by atoms with E-state index in [1.807, 2.05) is 0 Å². The van der Waals surface area contributed by atoms with Gasteiger partial charge < -0.3 is 9.84 Å². The number of carboxylic acid groups (broad SMARTS) is 1. The normalized spacial score (nSPS) is 14.3. The lowest BCUT2D eigenvalue weighted by Gasteiger charge is -2.12. The summed E-state index contributed by atoms with van der Waals surface area (Å²) in [7, 11) is 1.63. The summed E-state index contributed by atoms with van der Waals surface area (Å²) in [5, 5.41) is 15.6. The number of methoxy groups -OCH3 is 1. The monoisotopic (exact) mass is 286 g/mol. The Kier molecular flexibility index (Phi) is 3.64. The summed E-state index contributed by atoms with van der Waals surface area (Å²) in [6, 6.07) is 5.72. The molecule has 21 heavy (non-hydrogen) atoms. The number of hydrogen-bond acceptors (Lipinski definition) is 3. The lowest BCUT2D eigenvalue weighted by molar-refractivity contribution is 0.0690. The molecule has 0 spiro atoms. The number of nitrogens with zero attached hydrogens (tertiary/aromatic N) is 1. The molecule has 1 aliphatic rings. The highest BCUT2D eigenvalue weighted by Crippen LogP contribution is 2.34. The van der Waals surface area contributed by atoms with Crippen molar-refractivity contribution in [1.82, 2.24) is 10.2 Å². The molecule has 0 aliphatic heterocycles. The van der Waals surface area contributed by atoms with Crippen LogP contribution in [-0.2, 0) is 12.8 Å². The van der Waals surface area contributed by atoms with Gasteiger partial charge in [-0.2, -0.15) is 5.10 Å². The SMILES string of the molecule is COc1cc2c(cc1-c1cc(C(=O)O)[nH]n1)CCCCC2. The molecule has 0 saturated heterocycles. The van der Waals surface area contributed by atoms with Crippen molar-refractivity contribution in [2.45, 2.75) is 32.1 Å². The maximum atomic E-state index is 11.0. The second-order valence-electron chi connectivity index (χ2n) is 5.35. The van der Waals surface area contributed by atoms with Crippen LogP contribution in [0, 0.1) is 0 Å². The lowest BCUT2D eigenvalue weighted by atomic mass is 9.97. The number of hydrogen-bond donors (Lipinski definition) is 2. The van der Waals surface area contributed by atoms with Crippen LogP contribution in [0.3, 0.4) is 0 Å². The molecule has 110 valence electrons. The average Bonchev–Trinajstić information content (AvgIpc) is 2.86. The molecule has 1 aliphatic carbocycles. The van der Waals surface area contributed by atoms with E-state index in [-0.39, 0.29) is 5.69 Å². The molecule has 5 nitrogen and oxygen atoms in total. The number of ether oxygens (including phenoxy) is 1. The smallest absolute Gasteiger partial charge is 0.353 e. The number of carbonyl (C=O) groups is 1. The van der Waals surface area contributed by atoms with Crippen LogP contribution in [-0.4, -0.2) is 28.4 Å². The highest BCUT2D eigenvalue weighted by molar-refractivity contribution is 5.87. The average molecular weight is 286 g/mol. The molecule has 3 rings (SSSR count). The summed E-state index contributed by atoms with van der Waals surface area (Å²) in [6.07, 6.45) is 5.79. The van der Waals surface area contributed by atoms with E-state index in [1.54, 1.807) is 13.2 Å². The van der Waals surface area contributed by atoms with E-state index in [1.165, 1.54) is 30.4 Å². The second kappa shape index (κ2) is 5.60. The first-order valence-corrected chi connectivity index (χ1v) is 7.18. The van der Waals surface area contributed by atoms with Crippen molar-refractivity contribution in [2.75, 3.05) is 7.11 Å². The molecule has 0 fully saturated rings. The van der Waals surface area contributed by atoms with Crippen molar-refractivity contribution in [1.29, 1.82) is 0 Å². The summed E-state index contributed by atoms with van der Waals surface area (Å²) in [5.41, 5.74) is 4.20. The molecule has 0 amide bonds. The molecule has 0 bridgehead atoms. The van der Waals surface area contributed by atoms with E-state index in [2.05, 4.69) is 22.3 Å². The molecule has 2 N–H and O–H groups in total. The predicted molar refractivity (Wildman–Crippen MR) is 78.8 cm³/mol. The van der Waals surface area contributed by atoms with E-state index in [0.29, 0.717) is 5.69 Å². The van der Waals surface area contributed by atoms with E-state index >= 15 is 0 Å². The van der Waals surface area contributed by atoms with Crippen molar-refractivity contribution < 1.29 is 14.6 Å². The Hall–Kier alpha value is -2.30. The molecule has 1 heterocycles. The van der Waals surface area contributed by atoms with Gasteiger partial charge in [-0.25, -0.2) is 4.79 Å². The maximum Gasteiger partial charge on any atom is 0.353 e. The van der Waals surface area contributed by atoms with Gasteiger partial charge in [-0.3, -0.25) is 5.10 Å². The fourth-order valence-electron chi connectivity index (χ4n) is 2.88. The summed E-state index contributed by atoms with van der Waals surface area (Å²) >= 11 is 0. The topological polar surface area (TPSA) is 75.2 Å². The summed E-state index contributed by atoms with van der Waals surface area (Å²) < 4.78 is 5.48. The molecule has 5 heteroatoms. The number of H-pyrrole nitrogens is 1. The van der Waals surface area contributed by atoms with Gasteiger partial charge in [0.2, 0.25) is 0 Å². The van der Waals surface area contributed by atoms with Gasteiger partial charge in [-0.1, -0.05) is 6.42 Å². The summed E-state index contributed by atoms with van der Waals surface area (Å²) in [4.78, 5) is 11.0. The third kappa shape index (κ3) is 2.63. The van der Waals surface area contributed by atoms with E-state index in [9.17, 15) is 4.79 Å². The van der Waals surface area contributed by atoms with Gasteiger partial charge in [0.15, 0.2) is 0 Å². The molecule has 2 aromatic rings. The van der Waals surface area contributed by atoms with Gasteiger partial charge in [-0.15, -0.1) is 0 Å². The molecule has 0 atom stereocenters. The standard InChI is InChI=1S/C16H18N2O3/c1-21-15-8-11-6-4-2-3-5-10(11)7-12(15)13-9-14(16(19)20)18-17-13/h7-9H,2-6H2,1H3,(H,17,18)(H,19,20). The fourth-order valence-corrected chi connectivity index (χ4v) is 2.88. The molecule has 0 saturated carbocycles. The Morgan fingerprint density at radius 1 is 1.19 bits per heavy atom. The van der Waals surface area contributed by atoms with E-state index < -0.39 is 5.97 Å². The van der Waals surface area contributed by atoms with Crippen LogP contribution in [0.2, 0.25) is 0 Å². The van der Waals surface area contributed by atoms with E-state index in [4.69, 9.17) is 9.84 Å². The number of benzene rings is 1. The number of carboxylic acids is 1. The Morgan fingerprint density at radius 3 is 2.52 bits per heavy atom. The first-order chi connectivity index (χ1) is 10.2. The lowest BCUT2D eigenvalue weighted by Crippen LogP contribution is -1.96. The van der Waals surface area contributed by atoms with Crippen molar-refractivity contribution in [3.05, 3.63) is 35.0 Å². The quantitative estimate of drug-likeness (QED) is 0.850. The third-order valence-corrected chi connectivity index (χ3v) is 4.00. The Morgan fingerprint density at radius 2 is 1.90 bits per heavy atom. The number of aromatic amines is 1. The fraction of sp³-hybridized carbons (Fsp3) is 0.375. The number of nitrogens with one attached hydrogen (secondary N) is 1. The predicted octanol–water partition coefficient (Wildman–Crippen LogP) is 3.05. The van der Waals surface area contributed by atoms with Crippen molar-refractivity contribution in [3.63, 3.8) is 0 Å². The highest BCUT2D eigenvalue weighted by Gasteiger charge is 2.17. The number of rotatable bonds is 3. The Bertz CT molecular complexity index is 676.